The number of methoxy groups -OCH3 is 1. The number of fused-ring (bicyclic) bond motifs is 1. The molecule has 2 fully saturated rings. The molecule has 2 atom stereocenters. The van der Waals surface area contributed by atoms with Crippen LogP contribution in [-0.2, 0) is 29.2 Å². The summed E-state index contributed by atoms with van der Waals surface area (Å²) in [5.74, 6) is -1.48. The van der Waals surface area contributed by atoms with Crippen LogP contribution in [-0.4, -0.2) is 59.3 Å². The van der Waals surface area contributed by atoms with Gasteiger partial charge in [0.25, 0.3) is 5.92 Å². The SMILES string of the molecule is COc1nc2c(c(N3CCCC(C)C3)n1)CN(C(=O)OC(C)(C)C)C2.FC1(F)CC1COCc1ccccc1. The van der Waals surface area contributed by atoms with Crippen molar-refractivity contribution in [2.75, 3.05) is 31.7 Å². The topological polar surface area (TPSA) is 77.0 Å². The van der Waals surface area contributed by atoms with Gasteiger partial charge in [0.05, 0.1) is 45.0 Å². The molecule has 0 bridgehead atoms. The summed E-state index contributed by atoms with van der Waals surface area (Å²) in [7, 11) is 1.57. The Labute approximate surface area is 229 Å². The van der Waals surface area contributed by atoms with Crippen LogP contribution < -0.4 is 9.64 Å². The maximum atomic E-state index is 12.4. The van der Waals surface area contributed by atoms with E-state index in [1.54, 1.807) is 12.0 Å². The van der Waals surface area contributed by atoms with Gasteiger partial charge in [-0.05, 0) is 45.1 Å². The minimum atomic E-state index is -2.46. The van der Waals surface area contributed by atoms with Crippen LogP contribution in [0, 0.1) is 11.8 Å². The first kappa shape index (κ1) is 29.0. The van der Waals surface area contributed by atoms with Crippen molar-refractivity contribution < 1.29 is 27.8 Å². The van der Waals surface area contributed by atoms with Crippen LogP contribution in [0.4, 0.5) is 19.4 Å². The van der Waals surface area contributed by atoms with Gasteiger partial charge in [-0.15, -0.1) is 0 Å². The molecule has 5 rings (SSSR count). The molecule has 2 unspecified atom stereocenters. The Balaban J connectivity index is 0.000000212. The highest BCUT2D eigenvalue weighted by molar-refractivity contribution is 5.70. The van der Waals surface area contributed by atoms with Crippen molar-refractivity contribution in [1.82, 2.24) is 14.9 Å². The van der Waals surface area contributed by atoms with E-state index < -0.39 is 17.4 Å². The van der Waals surface area contributed by atoms with Crippen molar-refractivity contribution in [1.29, 1.82) is 0 Å². The molecule has 10 heteroatoms. The number of anilines is 1. The molecule has 2 aliphatic heterocycles. The number of amides is 1. The average Bonchev–Trinajstić information content (AvgIpc) is 3.28. The van der Waals surface area contributed by atoms with Gasteiger partial charge in [0, 0.05) is 25.1 Å². The van der Waals surface area contributed by atoms with E-state index >= 15 is 0 Å². The van der Waals surface area contributed by atoms with E-state index in [2.05, 4.69) is 21.8 Å². The predicted molar refractivity (Wildman–Crippen MR) is 144 cm³/mol. The monoisotopic (exact) mass is 546 g/mol. The standard InChI is InChI=1S/C18H28N4O3.C11H12F2O/c1-12-7-6-8-21(9-12)15-13-10-22(17(23)25-18(2,3)4)11-14(13)19-16(20-15)24-5;12-11(13)6-10(11)8-14-7-9-4-2-1-3-5-9/h12H,6-11H2,1-5H3;1-5,10H,6-8H2. The predicted octanol–water partition coefficient (Wildman–Crippen LogP) is 5.83. The number of alkyl halides is 2. The Kier molecular flexibility index (Phi) is 8.93. The fourth-order valence-electron chi connectivity index (χ4n) is 4.75. The Morgan fingerprint density at radius 3 is 2.49 bits per heavy atom. The lowest BCUT2D eigenvalue weighted by molar-refractivity contribution is 0.0240. The number of nitrogens with zero attached hydrogens (tertiary/aromatic N) is 4. The maximum Gasteiger partial charge on any atom is 0.410 e. The van der Waals surface area contributed by atoms with Gasteiger partial charge in [0.2, 0.25) is 0 Å². The number of ether oxygens (including phenoxy) is 3. The number of aromatic nitrogens is 2. The number of hydrogen-bond acceptors (Lipinski definition) is 7. The summed E-state index contributed by atoms with van der Waals surface area (Å²) in [5.41, 5.74) is 2.38. The van der Waals surface area contributed by atoms with Crippen LogP contribution in [0.5, 0.6) is 6.01 Å². The molecule has 1 aliphatic carbocycles. The third-order valence-electron chi connectivity index (χ3n) is 6.92. The minimum Gasteiger partial charge on any atom is -0.467 e. The molecular weight excluding hydrogens is 506 g/mol. The van der Waals surface area contributed by atoms with Crippen molar-refractivity contribution in [3.05, 3.63) is 47.2 Å². The summed E-state index contributed by atoms with van der Waals surface area (Å²) in [4.78, 5) is 25.5. The lowest BCUT2D eigenvalue weighted by atomic mass is 10.00. The Bertz CT molecular complexity index is 1130. The van der Waals surface area contributed by atoms with Crippen LogP contribution in [0.2, 0.25) is 0 Å². The van der Waals surface area contributed by atoms with Gasteiger partial charge < -0.3 is 19.1 Å². The van der Waals surface area contributed by atoms with Crippen molar-refractivity contribution in [2.24, 2.45) is 11.8 Å². The summed E-state index contributed by atoms with van der Waals surface area (Å²) < 4.78 is 40.9. The molecular formula is C29H40F2N4O4. The number of hydrogen-bond donors (Lipinski definition) is 0. The first-order chi connectivity index (χ1) is 18.4. The molecule has 39 heavy (non-hydrogen) atoms. The van der Waals surface area contributed by atoms with Crippen LogP contribution in [0.1, 0.15) is 63.8 Å². The third-order valence-corrected chi connectivity index (χ3v) is 6.92. The van der Waals surface area contributed by atoms with Crippen molar-refractivity contribution in [3.8, 4) is 6.01 Å². The number of piperidine rings is 1. The average molecular weight is 547 g/mol. The summed E-state index contributed by atoms with van der Waals surface area (Å²) in [6.45, 7) is 11.3. The molecule has 1 saturated carbocycles. The molecule has 3 aliphatic rings. The van der Waals surface area contributed by atoms with Crippen LogP contribution in [0.3, 0.4) is 0 Å². The summed E-state index contributed by atoms with van der Waals surface area (Å²) in [6.07, 6.45) is 2.06. The molecule has 1 aromatic heterocycles. The third kappa shape index (κ3) is 8.00. The highest BCUT2D eigenvalue weighted by Crippen LogP contribution is 2.48. The molecule has 214 valence electrons. The van der Waals surface area contributed by atoms with E-state index in [1.165, 1.54) is 6.42 Å². The van der Waals surface area contributed by atoms with E-state index in [0.29, 0.717) is 31.6 Å². The van der Waals surface area contributed by atoms with Crippen LogP contribution in [0.25, 0.3) is 0 Å². The highest BCUT2D eigenvalue weighted by atomic mass is 19.3. The zero-order valence-electron chi connectivity index (χ0n) is 23.6. The Morgan fingerprint density at radius 2 is 1.87 bits per heavy atom. The first-order valence-electron chi connectivity index (χ1n) is 13.6. The summed E-state index contributed by atoms with van der Waals surface area (Å²) >= 11 is 0. The van der Waals surface area contributed by atoms with Crippen molar-refractivity contribution in [2.45, 2.75) is 78.2 Å². The molecule has 8 nitrogen and oxygen atoms in total. The second-order valence-corrected chi connectivity index (χ2v) is 11.7. The van der Waals surface area contributed by atoms with E-state index in [-0.39, 0.29) is 19.1 Å². The number of carbonyl (C=O) groups is 1. The van der Waals surface area contributed by atoms with Gasteiger partial charge in [0.1, 0.15) is 11.4 Å². The fourth-order valence-corrected chi connectivity index (χ4v) is 4.75. The number of rotatable bonds is 6. The Morgan fingerprint density at radius 1 is 1.15 bits per heavy atom. The largest absolute Gasteiger partial charge is 0.467 e. The second kappa shape index (κ2) is 12.0. The molecule has 3 heterocycles. The quantitative estimate of drug-likeness (QED) is 0.451. The fraction of sp³-hybridized carbons (Fsp3) is 0.621. The van der Waals surface area contributed by atoms with Gasteiger partial charge in [-0.25, -0.2) is 13.6 Å². The van der Waals surface area contributed by atoms with Crippen LogP contribution >= 0.6 is 0 Å². The van der Waals surface area contributed by atoms with E-state index in [1.807, 2.05) is 51.1 Å². The summed E-state index contributed by atoms with van der Waals surface area (Å²) in [6, 6.07) is 9.93. The number of halogens is 2. The molecule has 0 N–H and O–H groups in total. The molecule has 2 aromatic rings. The zero-order valence-corrected chi connectivity index (χ0v) is 23.6. The molecule has 0 radical (unpaired) electrons. The van der Waals surface area contributed by atoms with Gasteiger partial charge in [-0.3, -0.25) is 4.90 Å². The second-order valence-electron chi connectivity index (χ2n) is 11.7. The highest BCUT2D eigenvalue weighted by Gasteiger charge is 2.56. The molecule has 1 saturated heterocycles. The number of benzene rings is 1. The van der Waals surface area contributed by atoms with Gasteiger partial charge >= 0.3 is 12.1 Å². The number of carbonyl (C=O) groups excluding carboxylic acids is 1. The smallest absolute Gasteiger partial charge is 0.410 e. The first-order valence-corrected chi connectivity index (χ1v) is 13.6. The molecule has 1 aromatic carbocycles. The van der Waals surface area contributed by atoms with Crippen LogP contribution in [0.15, 0.2) is 30.3 Å². The normalized spacial score (nSPS) is 21.5. The van der Waals surface area contributed by atoms with E-state index in [4.69, 9.17) is 14.2 Å². The Hall–Kier alpha value is -3.01. The van der Waals surface area contributed by atoms with E-state index in [0.717, 1.165) is 42.1 Å². The van der Waals surface area contributed by atoms with Gasteiger partial charge in [-0.2, -0.15) is 9.97 Å². The lowest BCUT2D eigenvalue weighted by Crippen LogP contribution is -2.36. The molecule has 0 spiro atoms. The van der Waals surface area contributed by atoms with Gasteiger partial charge in [0.15, 0.2) is 0 Å². The van der Waals surface area contributed by atoms with Crippen molar-refractivity contribution in [3.63, 3.8) is 0 Å². The molecule has 1 amide bonds. The zero-order chi connectivity index (χ0) is 28.2. The maximum absolute atomic E-state index is 12.4. The summed E-state index contributed by atoms with van der Waals surface area (Å²) in [5, 5.41) is 0. The van der Waals surface area contributed by atoms with Crippen molar-refractivity contribution >= 4 is 11.9 Å². The van der Waals surface area contributed by atoms with E-state index in [9.17, 15) is 13.6 Å². The minimum absolute atomic E-state index is 0.0121. The lowest BCUT2D eigenvalue weighted by Gasteiger charge is -2.33. The van der Waals surface area contributed by atoms with Gasteiger partial charge in [-0.1, -0.05) is 37.3 Å².